The lowest BCUT2D eigenvalue weighted by Gasteiger charge is -2.10. The van der Waals surface area contributed by atoms with Crippen molar-refractivity contribution in [2.24, 2.45) is 0 Å². The van der Waals surface area contributed by atoms with Crippen molar-refractivity contribution in [3.63, 3.8) is 0 Å². The van der Waals surface area contributed by atoms with Crippen LogP contribution in [-0.2, 0) is 0 Å². The number of hydrogen-bond donors (Lipinski definition) is 1. The number of amides is 1. The van der Waals surface area contributed by atoms with Crippen molar-refractivity contribution in [3.05, 3.63) is 66.1 Å². The van der Waals surface area contributed by atoms with Crippen LogP contribution in [0, 0.1) is 5.82 Å². The molecule has 3 rings (SSSR count). The first-order valence-corrected chi connectivity index (χ1v) is 7.50. The van der Waals surface area contributed by atoms with Crippen LogP contribution in [0.25, 0.3) is 22.8 Å². The molecule has 0 spiro atoms. The van der Waals surface area contributed by atoms with E-state index in [9.17, 15) is 22.4 Å². The summed E-state index contributed by atoms with van der Waals surface area (Å²) in [7, 11) is 0. The number of carbonyl (C=O) groups is 1. The van der Waals surface area contributed by atoms with E-state index in [2.05, 4.69) is 4.98 Å². The van der Waals surface area contributed by atoms with Gasteiger partial charge in [0.1, 0.15) is 12.4 Å². The van der Waals surface area contributed by atoms with Gasteiger partial charge >= 0.3 is 6.18 Å². The number of oxazole rings is 1. The molecule has 0 aliphatic carbocycles. The highest BCUT2D eigenvalue weighted by Crippen LogP contribution is 2.29. The van der Waals surface area contributed by atoms with Crippen LogP contribution in [-0.4, -0.2) is 23.6 Å². The van der Waals surface area contributed by atoms with Crippen molar-refractivity contribution < 1.29 is 26.8 Å². The Morgan fingerprint density at radius 3 is 2.38 bits per heavy atom. The van der Waals surface area contributed by atoms with E-state index < -0.39 is 24.4 Å². The highest BCUT2D eigenvalue weighted by molar-refractivity contribution is 6.00. The number of carbonyl (C=O) groups excluding carboxylic acids is 1. The van der Waals surface area contributed by atoms with Gasteiger partial charge in [-0.05, 0) is 24.3 Å². The number of benzene rings is 2. The predicted octanol–water partition coefficient (Wildman–Crippen LogP) is 4.44. The van der Waals surface area contributed by atoms with Crippen LogP contribution >= 0.6 is 0 Å². The lowest BCUT2D eigenvalue weighted by Crippen LogP contribution is -2.33. The molecule has 1 aromatic heterocycles. The molecule has 0 saturated carbocycles. The van der Waals surface area contributed by atoms with Gasteiger partial charge in [0.2, 0.25) is 5.89 Å². The fraction of sp³-hybridized carbons (Fsp3) is 0.111. The van der Waals surface area contributed by atoms with E-state index in [0.29, 0.717) is 0 Å². The minimum absolute atomic E-state index is 0.000937. The van der Waals surface area contributed by atoms with Crippen molar-refractivity contribution in [2.75, 3.05) is 6.54 Å². The molecule has 26 heavy (non-hydrogen) atoms. The van der Waals surface area contributed by atoms with Crippen molar-refractivity contribution in [1.29, 1.82) is 0 Å². The summed E-state index contributed by atoms with van der Waals surface area (Å²) < 4.78 is 56.3. The maximum absolute atomic E-state index is 13.8. The van der Waals surface area contributed by atoms with Crippen molar-refractivity contribution >= 4 is 5.91 Å². The second kappa shape index (κ2) is 6.99. The minimum Gasteiger partial charge on any atom is -0.436 e. The topological polar surface area (TPSA) is 55.1 Å². The van der Waals surface area contributed by atoms with Crippen LogP contribution in [0.3, 0.4) is 0 Å². The van der Waals surface area contributed by atoms with Gasteiger partial charge < -0.3 is 9.73 Å². The molecular formula is C18H12F4N2O2. The molecule has 1 amide bonds. The zero-order valence-corrected chi connectivity index (χ0v) is 13.2. The van der Waals surface area contributed by atoms with Gasteiger partial charge in [0, 0.05) is 5.56 Å². The van der Waals surface area contributed by atoms with E-state index in [1.165, 1.54) is 42.6 Å². The molecule has 1 heterocycles. The molecule has 0 fully saturated rings. The third-order valence-electron chi connectivity index (χ3n) is 3.50. The van der Waals surface area contributed by atoms with Crippen LogP contribution in [0.5, 0.6) is 0 Å². The van der Waals surface area contributed by atoms with Crippen molar-refractivity contribution in [2.45, 2.75) is 6.18 Å². The van der Waals surface area contributed by atoms with E-state index >= 15 is 0 Å². The smallest absolute Gasteiger partial charge is 0.405 e. The molecule has 3 aromatic rings. The molecule has 1 N–H and O–H groups in total. The summed E-state index contributed by atoms with van der Waals surface area (Å²) in [5, 5.41) is 1.80. The van der Waals surface area contributed by atoms with Crippen molar-refractivity contribution in [3.8, 4) is 22.8 Å². The third kappa shape index (κ3) is 3.90. The Hall–Kier alpha value is -3.16. The monoisotopic (exact) mass is 364 g/mol. The van der Waals surface area contributed by atoms with E-state index in [-0.39, 0.29) is 28.3 Å². The first kappa shape index (κ1) is 17.7. The van der Waals surface area contributed by atoms with Gasteiger partial charge in [-0.25, -0.2) is 9.37 Å². The Balaban J connectivity index is 1.92. The molecule has 0 aliphatic heterocycles. The lowest BCUT2D eigenvalue weighted by molar-refractivity contribution is -0.123. The van der Waals surface area contributed by atoms with Crippen LogP contribution in [0.2, 0.25) is 0 Å². The number of halogens is 4. The SMILES string of the molecule is O=C(NCC(F)(F)F)c1ccccc1-c1ncc(-c2ccccc2F)o1. The molecule has 0 atom stereocenters. The van der Waals surface area contributed by atoms with Gasteiger partial charge in [0.05, 0.1) is 17.3 Å². The van der Waals surface area contributed by atoms with Crippen molar-refractivity contribution in [1.82, 2.24) is 10.3 Å². The zero-order chi connectivity index (χ0) is 18.7. The summed E-state index contributed by atoms with van der Waals surface area (Å²) in [6.45, 7) is -1.45. The van der Waals surface area contributed by atoms with Gasteiger partial charge in [-0.3, -0.25) is 4.79 Å². The Labute approximate surface area is 145 Å². The molecule has 134 valence electrons. The fourth-order valence-corrected chi connectivity index (χ4v) is 2.33. The first-order valence-electron chi connectivity index (χ1n) is 7.50. The zero-order valence-electron chi connectivity index (χ0n) is 13.2. The second-order valence-corrected chi connectivity index (χ2v) is 5.35. The second-order valence-electron chi connectivity index (χ2n) is 5.35. The predicted molar refractivity (Wildman–Crippen MR) is 85.7 cm³/mol. The number of aromatic nitrogens is 1. The first-order chi connectivity index (χ1) is 12.3. The molecule has 0 radical (unpaired) electrons. The molecule has 2 aromatic carbocycles. The molecule has 0 saturated heterocycles. The number of nitrogens with zero attached hydrogens (tertiary/aromatic N) is 1. The van der Waals surface area contributed by atoms with E-state index in [4.69, 9.17) is 4.42 Å². The minimum atomic E-state index is -4.52. The van der Waals surface area contributed by atoms with Gasteiger partial charge in [0.25, 0.3) is 5.91 Å². The summed E-state index contributed by atoms with van der Waals surface area (Å²) in [5.41, 5.74) is 0.360. The van der Waals surface area contributed by atoms with Crippen LogP contribution in [0.1, 0.15) is 10.4 Å². The van der Waals surface area contributed by atoms with Gasteiger partial charge in [-0.1, -0.05) is 24.3 Å². The Bertz CT molecular complexity index is 935. The van der Waals surface area contributed by atoms with E-state index in [1.807, 2.05) is 0 Å². The average Bonchev–Trinajstić information content (AvgIpc) is 3.09. The number of hydrogen-bond acceptors (Lipinski definition) is 3. The van der Waals surface area contributed by atoms with Crippen LogP contribution in [0.15, 0.2) is 59.1 Å². The number of rotatable bonds is 4. The molecule has 0 aliphatic rings. The Kier molecular flexibility index (Phi) is 4.75. The molecule has 4 nitrogen and oxygen atoms in total. The fourth-order valence-electron chi connectivity index (χ4n) is 2.33. The lowest BCUT2D eigenvalue weighted by atomic mass is 10.1. The molecule has 0 unspecified atom stereocenters. The van der Waals surface area contributed by atoms with Crippen LogP contribution < -0.4 is 5.32 Å². The van der Waals surface area contributed by atoms with Gasteiger partial charge in [0.15, 0.2) is 5.76 Å². The summed E-state index contributed by atoms with van der Waals surface area (Å²) >= 11 is 0. The maximum atomic E-state index is 13.8. The van der Waals surface area contributed by atoms with Gasteiger partial charge in [-0.15, -0.1) is 0 Å². The normalized spacial score (nSPS) is 11.4. The van der Waals surface area contributed by atoms with E-state index in [0.717, 1.165) is 0 Å². The summed E-state index contributed by atoms with van der Waals surface area (Å²) in [6, 6.07) is 11.8. The summed E-state index contributed by atoms with van der Waals surface area (Å²) in [6.07, 6.45) is -3.23. The van der Waals surface area contributed by atoms with Gasteiger partial charge in [-0.2, -0.15) is 13.2 Å². The molecule has 0 bridgehead atoms. The Morgan fingerprint density at radius 1 is 1.04 bits per heavy atom. The highest BCUT2D eigenvalue weighted by atomic mass is 19.4. The standard InChI is InChI=1S/C18H12F4N2O2/c19-14-8-4-3-7-13(14)15-9-23-17(26-15)12-6-2-1-5-11(12)16(25)24-10-18(20,21)22/h1-9H,10H2,(H,24,25). The summed E-state index contributed by atoms with van der Waals surface area (Å²) in [5.74, 6) is -1.28. The largest absolute Gasteiger partial charge is 0.436 e. The summed E-state index contributed by atoms with van der Waals surface area (Å²) in [4.78, 5) is 16.1. The number of nitrogens with one attached hydrogen (secondary N) is 1. The maximum Gasteiger partial charge on any atom is 0.405 e. The highest BCUT2D eigenvalue weighted by Gasteiger charge is 2.28. The third-order valence-corrected chi connectivity index (χ3v) is 3.50. The number of alkyl halides is 3. The molecule has 8 heteroatoms. The van der Waals surface area contributed by atoms with E-state index in [1.54, 1.807) is 17.4 Å². The van der Waals surface area contributed by atoms with Crippen LogP contribution in [0.4, 0.5) is 17.6 Å². The molecular weight excluding hydrogens is 352 g/mol. The average molecular weight is 364 g/mol. The quantitative estimate of drug-likeness (QED) is 0.697. The Morgan fingerprint density at radius 2 is 1.69 bits per heavy atom.